The second kappa shape index (κ2) is 5.94. The van der Waals surface area contributed by atoms with E-state index >= 15 is 0 Å². The largest absolute Gasteiger partial charge is 0.395 e. The molecule has 1 aromatic heterocycles. The molecular formula is C13H22N2OS. The molecule has 0 saturated heterocycles. The molecule has 1 fully saturated rings. The van der Waals surface area contributed by atoms with E-state index in [4.69, 9.17) is 5.11 Å². The van der Waals surface area contributed by atoms with Crippen molar-refractivity contribution in [3.8, 4) is 0 Å². The standard InChI is InChI=1S/C13H22N2OS/c1-10(2)7-13-14-8-12(17-13)9-15(5-6-16)11-3-4-11/h8,10-11,16H,3-7,9H2,1-2H3. The number of aromatic nitrogens is 1. The van der Waals surface area contributed by atoms with Crippen molar-refractivity contribution in [2.24, 2.45) is 5.92 Å². The molecule has 0 unspecified atom stereocenters. The lowest BCUT2D eigenvalue weighted by molar-refractivity contribution is 0.184. The fourth-order valence-corrected chi connectivity index (χ4v) is 3.18. The summed E-state index contributed by atoms with van der Waals surface area (Å²) in [5, 5.41) is 10.3. The minimum absolute atomic E-state index is 0.258. The number of aliphatic hydroxyl groups excluding tert-OH is 1. The van der Waals surface area contributed by atoms with Crippen molar-refractivity contribution in [2.45, 2.75) is 45.7 Å². The van der Waals surface area contributed by atoms with E-state index in [0.29, 0.717) is 12.0 Å². The Morgan fingerprint density at radius 2 is 2.29 bits per heavy atom. The zero-order chi connectivity index (χ0) is 12.3. The Morgan fingerprint density at radius 1 is 1.53 bits per heavy atom. The average molecular weight is 254 g/mol. The monoisotopic (exact) mass is 254 g/mol. The minimum Gasteiger partial charge on any atom is -0.395 e. The highest BCUT2D eigenvalue weighted by Gasteiger charge is 2.28. The highest BCUT2D eigenvalue weighted by atomic mass is 32.1. The maximum atomic E-state index is 9.06. The summed E-state index contributed by atoms with van der Waals surface area (Å²) in [6.07, 6.45) is 5.67. The fourth-order valence-electron chi connectivity index (χ4n) is 2.02. The zero-order valence-electron chi connectivity index (χ0n) is 10.7. The molecule has 3 nitrogen and oxygen atoms in total. The van der Waals surface area contributed by atoms with Gasteiger partial charge >= 0.3 is 0 Å². The molecule has 0 spiro atoms. The van der Waals surface area contributed by atoms with E-state index in [0.717, 1.165) is 19.5 Å². The smallest absolute Gasteiger partial charge is 0.0930 e. The van der Waals surface area contributed by atoms with E-state index < -0.39 is 0 Å². The van der Waals surface area contributed by atoms with Crippen LogP contribution in [0.15, 0.2) is 6.20 Å². The van der Waals surface area contributed by atoms with Gasteiger partial charge in [0.1, 0.15) is 0 Å². The first kappa shape index (κ1) is 13.0. The van der Waals surface area contributed by atoms with Crippen LogP contribution >= 0.6 is 11.3 Å². The lowest BCUT2D eigenvalue weighted by Gasteiger charge is -2.19. The molecule has 4 heteroatoms. The minimum atomic E-state index is 0.258. The molecule has 1 N–H and O–H groups in total. The van der Waals surface area contributed by atoms with Gasteiger partial charge in [0.15, 0.2) is 0 Å². The molecule has 1 aromatic rings. The predicted molar refractivity (Wildman–Crippen MR) is 71.2 cm³/mol. The van der Waals surface area contributed by atoms with Crippen LogP contribution in [0.5, 0.6) is 0 Å². The summed E-state index contributed by atoms with van der Waals surface area (Å²) in [4.78, 5) is 8.19. The third-order valence-corrected chi connectivity index (χ3v) is 4.00. The van der Waals surface area contributed by atoms with E-state index in [9.17, 15) is 0 Å². The third-order valence-electron chi connectivity index (χ3n) is 2.99. The molecule has 96 valence electrons. The summed E-state index contributed by atoms with van der Waals surface area (Å²) in [7, 11) is 0. The molecule has 1 aliphatic rings. The second-order valence-electron chi connectivity index (χ2n) is 5.24. The zero-order valence-corrected chi connectivity index (χ0v) is 11.5. The Hall–Kier alpha value is -0.450. The van der Waals surface area contributed by atoms with Crippen LogP contribution in [0, 0.1) is 5.92 Å². The van der Waals surface area contributed by atoms with Gasteiger partial charge in [-0.2, -0.15) is 0 Å². The summed E-state index contributed by atoms with van der Waals surface area (Å²) in [6, 6.07) is 0.706. The maximum Gasteiger partial charge on any atom is 0.0930 e. The van der Waals surface area contributed by atoms with E-state index in [1.165, 1.54) is 22.7 Å². The Balaban J connectivity index is 1.90. The van der Waals surface area contributed by atoms with Crippen molar-refractivity contribution < 1.29 is 5.11 Å². The molecule has 0 aromatic carbocycles. The average Bonchev–Trinajstić information content (AvgIpc) is 3.01. The van der Waals surface area contributed by atoms with E-state index in [-0.39, 0.29) is 6.61 Å². The Labute approximate surface area is 107 Å². The van der Waals surface area contributed by atoms with Gasteiger partial charge in [0.05, 0.1) is 11.6 Å². The lowest BCUT2D eigenvalue weighted by atomic mass is 10.1. The number of nitrogens with zero attached hydrogens (tertiary/aromatic N) is 2. The topological polar surface area (TPSA) is 36.4 Å². The van der Waals surface area contributed by atoms with Crippen molar-refractivity contribution in [2.75, 3.05) is 13.2 Å². The second-order valence-corrected chi connectivity index (χ2v) is 6.44. The summed E-state index contributed by atoms with van der Waals surface area (Å²) in [5.74, 6) is 0.672. The van der Waals surface area contributed by atoms with Crippen LogP contribution < -0.4 is 0 Å². The number of rotatable bonds is 7. The van der Waals surface area contributed by atoms with E-state index in [2.05, 4.69) is 23.7 Å². The number of hydrogen-bond acceptors (Lipinski definition) is 4. The van der Waals surface area contributed by atoms with Crippen molar-refractivity contribution in [1.82, 2.24) is 9.88 Å². The first-order chi connectivity index (χ1) is 8.19. The van der Waals surface area contributed by atoms with Gasteiger partial charge in [-0.1, -0.05) is 13.8 Å². The predicted octanol–water partition coefficient (Wildman–Crippen LogP) is 2.30. The Kier molecular flexibility index (Phi) is 4.54. The number of aliphatic hydroxyl groups is 1. The third kappa shape index (κ3) is 4.05. The summed E-state index contributed by atoms with van der Waals surface area (Å²) >= 11 is 1.83. The van der Waals surface area contributed by atoms with Crippen molar-refractivity contribution >= 4 is 11.3 Å². The van der Waals surface area contributed by atoms with Gasteiger partial charge in [0, 0.05) is 36.6 Å². The molecule has 2 rings (SSSR count). The molecule has 0 radical (unpaired) electrons. The van der Waals surface area contributed by atoms with Gasteiger partial charge in [0.2, 0.25) is 0 Å². The summed E-state index contributed by atoms with van der Waals surface area (Å²) < 4.78 is 0. The van der Waals surface area contributed by atoms with Crippen LogP contribution in [0.3, 0.4) is 0 Å². The van der Waals surface area contributed by atoms with Gasteiger partial charge in [-0.15, -0.1) is 11.3 Å². The normalized spacial score (nSPS) is 16.1. The number of hydrogen-bond donors (Lipinski definition) is 1. The van der Waals surface area contributed by atoms with Crippen molar-refractivity contribution in [3.63, 3.8) is 0 Å². The highest BCUT2D eigenvalue weighted by Crippen LogP contribution is 2.29. The van der Waals surface area contributed by atoms with Gasteiger partial charge < -0.3 is 5.11 Å². The quantitative estimate of drug-likeness (QED) is 0.811. The Bertz CT molecular complexity index is 347. The van der Waals surface area contributed by atoms with Crippen LogP contribution in [0.25, 0.3) is 0 Å². The maximum absolute atomic E-state index is 9.06. The molecule has 0 bridgehead atoms. The lowest BCUT2D eigenvalue weighted by Crippen LogP contribution is -2.28. The van der Waals surface area contributed by atoms with Crippen LogP contribution in [0.1, 0.15) is 36.6 Å². The molecule has 1 aliphatic carbocycles. The molecule has 17 heavy (non-hydrogen) atoms. The summed E-state index contributed by atoms with van der Waals surface area (Å²) in [5.41, 5.74) is 0. The van der Waals surface area contributed by atoms with Crippen molar-refractivity contribution in [1.29, 1.82) is 0 Å². The summed E-state index contributed by atoms with van der Waals surface area (Å²) in [6.45, 7) is 6.46. The van der Waals surface area contributed by atoms with E-state index in [1.807, 2.05) is 17.5 Å². The van der Waals surface area contributed by atoms with Crippen molar-refractivity contribution in [3.05, 3.63) is 16.1 Å². The van der Waals surface area contributed by atoms with Crippen LogP contribution in [0.2, 0.25) is 0 Å². The first-order valence-corrected chi connectivity index (χ1v) is 7.29. The van der Waals surface area contributed by atoms with Crippen LogP contribution in [0.4, 0.5) is 0 Å². The highest BCUT2D eigenvalue weighted by molar-refractivity contribution is 7.11. The fraction of sp³-hybridized carbons (Fsp3) is 0.769. The molecular weight excluding hydrogens is 232 g/mol. The van der Waals surface area contributed by atoms with Gasteiger partial charge in [0.25, 0.3) is 0 Å². The molecule has 1 saturated carbocycles. The van der Waals surface area contributed by atoms with Gasteiger partial charge in [-0.05, 0) is 18.8 Å². The van der Waals surface area contributed by atoms with Gasteiger partial charge in [-0.25, -0.2) is 4.98 Å². The SMILES string of the molecule is CC(C)Cc1ncc(CN(CCO)C2CC2)s1. The molecule has 0 amide bonds. The van der Waals surface area contributed by atoms with E-state index in [1.54, 1.807) is 0 Å². The van der Waals surface area contributed by atoms with Crippen LogP contribution in [-0.2, 0) is 13.0 Å². The molecule has 1 heterocycles. The number of thiazole rings is 1. The molecule has 0 atom stereocenters. The van der Waals surface area contributed by atoms with Gasteiger partial charge in [-0.3, -0.25) is 4.90 Å². The Morgan fingerprint density at radius 3 is 2.88 bits per heavy atom. The molecule has 0 aliphatic heterocycles. The first-order valence-electron chi connectivity index (χ1n) is 6.47. The van der Waals surface area contributed by atoms with Crippen LogP contribution in [-0.4, -0.2) is 34.2 Å².